The summed E-state index contributed by atoms with van der Waals surface area (Å²) in [4.78, 5) is 11.8. The molecule has 1 N–H and O–H groups in total. The second-order valence-corrected chi connectivity index (χ2v) is 4.64. The van der Waals surface area contributed by atoms with Crippen molar-refractivity contribution in [3.05, 3.63) is 48.3 Å². The van der Waals surface area contributed by atoms with Crippen LogP contribution < -0.4 is 5.32 Å². The zero-order valence-electron chi connectivity index (χ0n) is 10.7. The van der Waals surface area contributed by atoms with Gasteiger partial charge in [-0.15, -0.1) is 11.6 Å². The van der Waals surface area contributed by atoms with Gasteiger partial charge in [0.05, 0.1) is 11.9 Å². The van der Waals surface area contributed by atoms with E-state index in [9.17, 15) is 4.79 Å². The second-order valence-electron chi connectivity index (χ2n) is 4.21. The molecule has 4 nitrogen and oxygen atoms in total. The van der Waals surface area contributed by atoms with Gasteiger partial charge in [-0.1, -0.05) is 25.1 Å². The number of hydrogen-bond donors (Lipinski definition) is 1. The monoisotopic (exact) mass is 277 g/mol. The average Bonchev–Trinajstić information content (AvgIpc) is 2.94. The van der Waals surface area contributed by atoms with E-state index in [0.717, 1.165) is 12.1 Å². The Morgan fingerprint density at radius 1 is 1.42 bits per heavy atom. The molecule has 100 valence electrons. The van der Waals surface area contributed by atoms with Crippen molar-refractivity contribution in [1.82, 2.24) is 15.1 Å². The third-order valence-corrected chi connectivity index (χ3v) is 3.15. The van der Waals surface area contributed by atoms with Crippen molar-refractivity contribution in [1.29, 1.82) is 0 Å². The number of nitrogens with one attached hydrogen (secondary N) is 1. The highest BCUT2D eigenvalue weighted by Crippen LogP contribution is 2.21. The maximum atomic E-state index is 11.8. The standard InChI is InChI=1S/C14H16ClN3O/c1-2-8-16-14(19)13(15)11-9-17-18(10-11)12-6-4-3-5-7-12/h3-7,9-10,13H,2,8H2,1H3,(H,16,19). The predicted octanol–water partition coefficient (Wildman–Crippen LogP) is 2.68. The number of carbonyl (C=O) groups excluding carboxylic acids is 1. The van der Waals surface area contributed by atoms with E-state index >= 15 is 0 Å². The van der Waals surface area contributed by atoms with E-state index in [4.69, 9.17) is 11.6 Å². The normalized spacial score (nSPS) is 12.1. The molecule has 1 aromatic heterocycles. The molecule has 19 heavy (non-hydrogen) atoms. The summed E-state index contributed by atoms with van der Waals surface area (Å²) in [5.41, 5.74) is 1.63. The van der Waals surface area contributed by atoms with E-state index in [1.165, 1.54) is 0 Å². The van der Waals surface area contributed by atoms with Crippen LogP contribution in [0, 0.1) is 0 Å². The number of carbonyl (C=O) groups is 1. The highest BCUT2D eigenvalue weighted by molar-refractivity contribution is 6.30. The fourth-order valence-electron chi connectivity index (χ4n) is 1.68. The van der Waals surface area contributed by atoms with Gasteiger partial charge < -0.3 is 5.32 Å². The number of hydrogen-bond acceptors (Lipinski definition) is 2. The summed E-state index contributed by atoms with van der Waals surface area (Å²) in [6.07, 6.45) is 4.29. The molecule has 0 aliphatic carbocycles. The van der Waals surface area contributed by atoms with Gasteiger partial charge in [0.1, 0.15) is 5.38 Å². The highest BCUT2D eigenvalue weighted by atomic mass is 35.5. The fraction of sp³-hybridized carbons (Fsp3) is 0.286. The van der Waals surface area contributed by atoms with Crippen molar-refractivity contribution in [3.8, 4) is 5.69 Å². The fourth-order valence-corrected chi connectivity index (χ4v) is 1.87. The molecule has 0 spiro atoms. The Labute approximate surface area is 117 Å². The summed E-state index contributed by atoms with van der Waals surface area (Å²) < 4.78 is 1.71. The number of halogens is 1. The maximum Gasteiger partial charge on any atom is 0.242 e. The third-order valence-electron chi connectivity index (χ3n) is 2.70. The lowest BCUT2D eigenvalue weighted by atomic mass is 10.2. The average molecular weight is 278 g/mol. The Hall–Kier alpha value is -1.81. The second kappa shape index (κ2) is 6.38. The van der Waals surface area contributed by atoms with Crippen molar-refractivity contribution in [2.75, 3.05) is 6.54 Å². The van der Waals surface area contributed by atoms with Crippen LogP contribution in [0.25, 0.3) is 5.69 Å². The van der Waals surface area contributed by atoms with Gasteiger partial charge in [-0.2, -0.15) is 5.10 Å². The molecule has 0 aliphatic heterocycles. The van der Waals surface area contributed by atoms with Crippen LogP contribution in [0.1, 0.15) is 24.3 Å². The van der Waals surface area contributed by atoms with Gasteiger partial charge in [0.2, 0.25) is 5.91 Å². The number of rotatable bonds is 5. The van der Waals surface area contributed by atoms with E-state index in [0.29, 0.717) is 12.1 Å². The van der Waals surface area contributed by atoms with Crippen molar-refractivity contribution in [2.45, 2.75) is 18.7 Å². The molecule has 0 aliphatic rings. The molecule has 0 saturated heterocycles. The summed E-state index contributed by atoms with van der Waals surface area (Å²) in [7, 11) is 0. The van der Waals surface area contributed by atoms with Crippen LogP contribution in [0.2, 0.25) is 0 Å². The Morgan fingerprint density at radius 2 is 2.16 bits per heavy atom. The van der Waals surface area contributed by atoms with Crippen LogP contribution in [0.5, 0.6) is 0 Å². The summed E-state index contributed by atoms with van der Waals surface area (Å²) >= 11 is 6.13. The molecule has 0 bridgehead atoms. The van der Waals surface area contributed by atoms with Gasteiger partial charge >= 0.3 is 0 Å². The molecule has 1 heterocycles. The van der Waals surface area contributed by atoms with Crippen molar-refractivity contribution < 1.29 is 4.79 Å². The number of nitrogens with zero attached hydrogens (tertiary/aromatic N) is 2. The SMILES string of the molecule is CCCNC(=O)C(Cl)c1cnn(-c2ccccc2)c1. The van der Waals surface area contributed by atoms with Crippen LogP contribution in [-0.2, 0) is 4.79 Å². The van der Waals surface area contributed by atoms with E-state index < -0.39 is 5.38 Å². The summed E-state index contributed by atoms with van der Waals surface area (Å²) in [6.45, 7) is 2.63. The van der Waals surface area contributed by atoms with E-state index in [1.54, 1.807) is 17.1 Å². The van der Waals surface area contributed by atoms with Crippen LogP contribution in [0.3, 0.4) is 0 Å². The molecule has 1 atom stereocenters. The van der Waals surface area contributed by atoms with Gasteiger partial charge in [-0.3, -0.25) is 4.79 Å². The van der Waals surface area contributed by atoms with Crippen molar-refractivity contribution in [3.63, 3.8) is 0 Å². The molecule has 0 radical (unpaired) electrons. The number of aromatic nitrogens is 2. The number of amides is 1. The highest BCUT2D eigenvalue weighted by Gasteiger charge is 2.18. The van der Waals surface area contributed by atoms with Crippen LogP contribution in [-0.4, -0.2) is 22.2 Å². The molecule has 1 unspecified atom stereocenters. The first-order valence-corrected chi connectivity index (χ1v) is 6.67. The first-order chi connectivity index (χ1) is 9.22. The summed E-state index contributed by atoms with van der Waals surface area (Å²) in [5, 5.41) is 6.29. The minimum absolute atomic E-state index is 0.184. The Kier molecular flexibility index (Phi) is 4.58. The summed E-state index contributed by atoms with van der Waals surface area (Å²) in [6, 6.07) is 9.69. The molecule has 2 rings (SSSR count). The van der Waals surface area contributed by atoms with Gasteiger partial charge in [0.25, 0.3) is 0 Å². The molecule has 0 saturated carbocycles. The zero-order chi connectivity index (χ0) is 13.7. The van der Waals surface area contributed by atoms with E-state index in [1.807, 2.05) is 37.3 Å². The van der Waals surface area contributed by atoms with Crippen LogP contribution in [0.4, 0.5) is 0 Å². The largest absolute Gasteiger partial charge is 0.355 e. The molecule has 1 amide bonds. The van der Waals surface area contributed by atoms with Gasteiger partial charge in [0, 0.05) is 18.3 Å². The van der Waals surface area contributed by atoms with Crippen LogP contribution in [0.15, 0.2) is 42.7 Å². The quantitative estimate of drug-likeness (QED) is 0.854. The van der Waals surface area contributed by atoms with Crippen molar-refractivity contribution in [2.24, 2.45) is 0 Å². The van der Waals surface area contributed by atoms with Crippen molar-refractivity contribution >= 4 is 17.5 Å². The first kappa shape index (κ1) is 13.6. The lowest BCUT2D eigenvalue weighted by molar-refractivity contribution is -0.120. The van der Waals surface area contributed by atoms with Gasteiger partial charge in [-0.05, 0) is 18.6 Å². The summed E-state index contributed by atoms with van der Waals surface area (Å²) in [5.74, 6) is -0.184. The third kappa shape index (κ3) is 3.35. The number of benzene rings is 1. The Morgan fingerprint density at radius 3 is 2.84 bits per heavy atom. The lowest BCUT2D eigenvalue weighted by Crippen LogP contribution is -2.27. The molecule has 0 fully saturated rings. The molecular weight excluding hydrogens is 262 g/mol. The molecule has 1 aromatic carbocycles. The maximum absolute atomic E-state index is 11.8. The smallest absolute Gasteiger partial charge is 0.242 e. The molecular formula is C14H16ClN3O. The van der Waals surface area contributed by atoms with E-state index in [2.05, 4.69) is 10.4 Å². The minimum Gasteiger partial charge on any atom is -0.355 e. The van der Waals surface area contributed by atoms with Gasteiger partial charge in [0.15, 0.2) is 0 Å². The topological polar surface area (TPSA) is 46.9 Å². The van der Waals surface area contributed by atoms with Gasteiger partial charge in [-0.25, -0.2) is 4.68 Å². The Balaban J connectivity index is 2.11. The predicted molar refractivity (Wildman–Crippen MR) is 75.5 cm³/mol. The van der Waals surface area contributed by atoms with Crippen LogP contribution >= 0.6 is 11.6 Å². The van der Waals surface area contributed by atoms with E-state index in [-0.39, 0.29) is 5.91 Å². The zero-order valence-corrected chi connectivity index (χ0v) is 11.5. The Bertz CT molecular complexity index is 539. The number of alkyl halides is 1. The lowest BCUT2D eigenvalue weighted by Gasteiger charge is -2.07. The molecule has 5 heteroatoms. The minimum atomic E-state index is -0.705. The molecule has 2 aromatic rings. The number of para-hydroxylation sites is 1. The first-order valence-electron chi connectivity index (χ1n) is 6.24.